The topological polar surface area (TPSA) is 84.9 Å². The fraction of sp³-hybridized carbons (Fsp3) is 0.680. The van der Waals surface area contributed by atoms with E-state index in [-0.39, 0.29) is 12.0 Å². The van der Waals surface area contributed by atoms with Gasteiger partial charge in [-0.2, -0.15) is 0 Å². The van der Waals surface area contributed by atoms with E-state index in [9.17, 15) is 14.7 Å². The Morgan fingerprint density at radius 2 is 1.90 bits per heavy atom. The molecule has 1 aromatic rings. The van der Waals surface area contributed by atoms with Crippen molar-refractivity contribution in [3.05, 3.63) is 29.8 Å². The van der Waals surface area contributed by atoms with Gasteiger partial charge in [-0.15, -0.1) is 0 Å². The zero-order chi connectivity index (χ0) is 22.7. The van der Waals surface area contributed by atoms with E-state index in [4.69, 9.17) is 9.47 Å². The molecule has 0 bridgehead atoms. The number of aliphatic carboxylic acids is 1. The maximum Gasteiger partial charge on any atom is 0.310 e. The van der Waals surface area contributed by atoms with Crippen molar-refractivity contribution in [1.29, 1.82) is 0 Å². The van der Waals surface area contributed by atoms with Crippen LogP contribution in [0.4, 0.5) is 0 Å². The van der Waals surface area contributed by atoms with Crippen molar-refractivity contribution >= 4 is 11.9 Å². The lowest BCUT2D eigenvalue weighted by Crippen LogP contribution is -2.52. The van der Waals surface area contributed by atoms with Crippen LogP contribution in [0.3, 0.4) is 0 Å². The fourth-order valence-electron chi connectivity index (χ4n) is 5.38. The maximum atomic E-state index is 13.5. The number of carbonyl (C=O) groups is 2. The summed E-state index contributed by atoms with van der Waals surface area (Å²) in [5.74, 6) is 0.0112. The molecule has 1 aliphatic carbocycles. The number of ether oxygens (including phenoxy) is 2. The Morgan fingerprint density at radius 1 is 1.23 bits per heavy atom. The lowest BCUT2D eigenvalue weighted by Gasteiger charge is -2.46. The number of hydrogen-bond donors (Lipinski definition) is 2. The summed E-state index contributed by atoms with van der Waals surface area (Å²) in [4.78, 5) is 26.1. The van der Waals surface area contributed by atoms with E-state index >= 15 is 0 Å². The number of carbonyl (C=O) groups excluding carboxylic acids is 1. The van der Waals surface area contributed by atoms with Crippen molar-refractivity contribution in [3.8, 4) is 5.75 Å². The van der Waals surface area contributed by atoms with Crippen LogP contribution in [0.5, 0.6) is 5.75 Å². The molecule has 1 amide bonds. The SMILES string of the molecule is COCCC(CC1(C(=O)NCC2Cc3ccccc3O2)CCCC1)(C(=O)O)C(C)(C)C. The molecule has 1 fully saturated rings. The number of carboxylic acids is 1. The average molecular weight is 432 g/mol. The summed E-state index contributed by atoms with van der Waals surface area (Å²) in [6.07, 6.45) is 4.76. The Bertz CT molecular complexity index is 768. The predicted octanol–water partition coefficient (Wildman–Crippen LogP) is 4.21. The first-order chi connectivity index (χ1) is 14.6. The van der Waals surface area contributed by atoms with Crippen LogP contribution in [0, 0.1) is 16.2 Å². The second kappa shape index (κ2) is 9.19. The summed E-state index contributed by atoms with van der Waals surface area (Å²) in [5, 5.41) is 13.5. The molecular formula is C25H37NO5. The van der Waals surface area contributed by atoms with E-state index in [0.29, 0.717) is 26.0 Å². The molecule has 1 aliphatic heterocycles. The summed E-state index contributed by atoms with van der Waals surface area (Å²) in [6.45, 7) is 6.67. The molecule has 31 heavy (non-hydrogen) atoms. The average Bonchev–Trinajstić information content (AvgIpc) is 3.35. The zero-order valence-corrected chi connectivity index (χ0v) is 19.3. The van der Waals surface area contributed by atoms with E-state index in [1.807, 2.05) is 39.0 Å². The summed E-state index contributed by atoms with van der Waals surface area (Å²) < 4.78 is 11.2. The normalized spacial score (nSPS) is 21.7. The molecule has 2 unspecified atom stereocenters. The van der Waals surface area contributed by atoms with E-state index in [2.05, 4.69) is 11.4 Å². The van der Waals surface area contributed by atoms with Crippen LogP contribution in [0.1, 0.15) is 64.9 Å². The van der Waals surface area contributed by atoms with Crippen LogP contribution in [0.2, 0.25) is 0 Å². The van der Waals surface area contributed by atoms with Gasteiger partial charge < -0.3 is 19.9 Å². The Hall–Kier alpha value is -2.08. The maximum absolute atomic E-state index is 13.5. The first-order valence-corrected chi connectivity index (χ1v) is 11.4. The quantitative estimate of drug-likeness (QED) is 0.612. The van der Waals surface area contributed by atoms with Gasteiger partial charge in [0, 0.05) is 20.1 Å². The fourth-order valence-corrected chi connectivity index (χ4v) is 5.38. The molecule has 0 aromatic heterocycles. The Labute approximate surface area is 185 Å². The van der Waals surface area contributed by atoms with Gasteiger partial charge in [0.15, 0.2) is 0 Å². The second-order valence-electron chi connectivity index (χ2n) is 10.3. The third kappa shape index (κ3) is 4.74. The highest BCUT2D eigenvalue weighted by Gasteiger charge is 2.56. The van der Waals surface area contributed by atoms with Gasteiger partial charge in [0.2, 0.25) is 5.91 Å². The number of benzene rings is 1. The van der Waals surface area contributed by atoms with E-state index in [0.717, 1.165) is 43.4 Å². The highest BCUT2D eigenvalue weighted by atomic mass is 16.5. The largest absolute Gasteiger partial charge is 0.488 e. The molecule has 1 heterocycles. The molecule has 172 valence electrons. The minimum Gasteiger partial charge on any atom is -0.488 e. The molecule has 6 heteroatoms. The van der Waals surface area contributed by atoms with Crippen molar-refractivity contribution in [3.63, 3.8) is 0 Å². The first-order valence-electron chi connectivity index (χ1n) is 11.4. The van der Waals surface area contributed by atoms with Crippen LogP contribution < -0.4 is 10.1 Å². The van der Waals surface area contributed by atoms with E-state index in [1.165, 1.54) is 0 Å². The number of rotatable bonds is 9. The first kappa shape index (κ1) is 23.6. The minimum absolute atomic E-state index is 0.0307. The predicted molar refractivity (Wildman–Crippen MR) is 119 cm³/mol. The van der Waals surface area contributed by atoms with Gasteiger partial charge >= 0.3 is 5.97 Å². The smallest absolute Gasteiger partial charge is 0.310 e. The molecule has 1 saturated carbocycles. The monoisotopic (exact) mass is 431 g/mol. The van der Waals surface area contributed by atoms with E-state index < -0.39 is 22.2 Å². The van der Waals surface area contributed by atoms with Gasteiger partial charge in [-0.1, -0.05) is 51.8 Å². The number of carboxylic acid groups (broad SMARTS) is 1. The molecule has 0 spiro atoms. The van der Waals surface area contributed by atoms with Crippen molar-refractivity contribution in [1.82, 2.24) is 5.32 Å². The number of para-hydroxylation sites is 1. The minimum atomic E-state index is -1.04. The molecule has 2 atom stereocenters. The standard InChI is InChI=1S/C25H37NO5/c1-23(2,3)25(22(28)29,13-14-30-4)17-24(11-7-8-12-24)21(27)26-16-19-15-18-9-5-6-10-20(18)31-19/h5-6,9-10,19H,7-8,11-17H2,1-4H3,(H,26,27)(H,28,29). The molecule has 2 N–H and O–H groups in total. The summed E-state index contributed by atoms with van der Waals surface area (Å²) in [5.41, 5.74) is -1.05. The van der Waals surface area contributed by atoms with Crippen molar-refractivity contribution in [2.75, 3.05) is 20.3 Å². The van der Waals surface area contributed by atoms with Gasteiger partial charge in [-0.25, -0.2) is 0 Å². The van der Waals surface area contributed by atoms with Gasteiger partial charge in [-0.3, -0.25) is 9.59 Å². The van der Waals surface area contributed by atoms with Crippen LogP contribution in [-0.2, 0) is 20.7 Å². The third-order valence-electron chi connectivity index (χ3n) is 7.46. The Balaban J connectivity index is 1.75. The molecule has 1 aromatic carbocycles. The number of amides is 1. The van der Waals surface area contributed by atoms with Crippen molar-refractivity contribution < 1.29 is 24.2 Å². The summed E-state index contributed by atoms with van der Waals surface area (Å²) >= 11 is 0. The highest BCUT2D eigenvalue weighted by Crippen LogP contribution is 2.54. The number of hydrogen-bond acceptors (Lipinski definition) is 4. The molecule has 2 aliphatic rings. The summed E-state index contributed by atoms with van der Waals surface area (Å²) in [6, 6.07) is 7.95. The summed E-state index contributed by atoms with van der Waals surface area (Å²) in [7, 11) is 1.59. The second-order valence-corrected chi connectivity index (χ2v) is 10.3. The third-order valence-corrected chi connectivity index (χ3v) is 7.46. The van der Waals surface area contributed by atoms with Crippen LogP contribution >= 0.6 is 0 Å². The number of nitrogens with one attached hydrogen (secondary N) is 1. The Morgan fingerprint density at radius 3 is 2.48 bits per heavy atom. The highest BCUT2D eigenvalue weighted by molar-refractivity contribution is 5.85. The lowest BCUT2D eigenvalue weighted by molar-refractivity contribution is -0.164. The van der Waals surface area contributed by atoms with Gasteiger partial charge in [-0.05, 0) is 42.7 Å². The van der Waals surface area contributed by atoms with Crippen molar-refractivity contribution in [2.45, 2.75) is 71.8 Å². The molecule has 0 saturated heterocycles. The molecular weight excluding hydrogens is 394 g/mol. The number of methoxy groups -OCH3 is 1. The lowest BCUT2D eigenvalue weighted by atomic mass is 9.57. The van der Waals surface area contributed by atoms with Crippen LogP contribution in [0.25, 0.3) is 0 Å². The van der Waals surface area contributed by atoms with Crippen LogP contribution in [0.15, 0.2) is 24.3 Å². The van der Waals surface area contributed by atoms with Crippen LogP contribution in [-0.4, -0.2) is 43.3 Å². The van der Waals surface area contributed by atoms with E-state index in [1.54, 1.807) is 7.11 Å². The van der Waals surface area contributed by atoms with Crippen molar-refractivity contribution in [2.24, 2.45) is 16.2 Å². The van der Waals surface area contributed by atoms with Gasteiger partial charge in [0.1, 0.15) is 11.9 Å². The molecule has 0 radical (unpaired) electrons. The molecule has 6 nitrogen and oxygen atoms in total. The van der Waals surface area contributed by atoms with Gasteiger partial charge in [0.05, 0.1) is 17.4 Å². The molecule has 3 rings (SSSR count). The van der Waals surface area contributed by atoms with Gasteiger partial charge in [0.25, 0.3) is 0 Å². The Kier molecular flexibility index (Phi) is 6.99. The number of fused-ring (bicyclic) bond motifs is 1. The zero-order valence-electron chi connectivity index (χ0n) is 19.3.